The van der Waals surface area contributed by atoms with Crippen LogP contribution in [0.15, 0.2) is 24.7 Å². The molecule has 17 heteroatoms. The average molecular weight is 549 g/mol. The summed E-state index contributed by atoms with van der Waals surface area (Å²) >= 11 is 0. The zero-order chi connectivity index (χ0) is 28.2. The standard InChI is InChI=1S/C21H18F7N7O3/c1-8-10(18(37)33-13-6-34(5-12(13)22)19(38)16(36)21(26,27)28)2-9(4-30-8)14-3-11(20(23,24)25)15-17(29)31-7-32-35(14)15/h2-4,7,12-13,16,36H,5-6H2,1H3,(H,33,37)(H2,29,31,32)/t12-,13+,16?/m0/s1. The number of amides is 2. The summed E-state index contributed by atoms with van der Waals surface area (Å²) in [7, 11) is 0. The van der Waals surface area contributed by atoms with Crippen LogP contribution in [-0.2, 0) is 11.0 Å². The van der Waals surface area contributed by atoms with Gasteiger partial charge in [-0.25, -0.2) is 13.9 Å². The number of nitrogens with one attached hydrogen (secondary N) is 1. The molecule has 0 aliphatic carbocycles. The molecule has 1 fully saturated rings. The number of carbonyl (C=O) groups excluding carboxylic acids is 2. The smallest absolute Gasteiger partial charge is 0.382 e. The number of rotatable bonds is 4. The largest absolute Gasteiger partial charge is 0.423 e. The van der Waals surface area contributed by atoms with Gasteiger partial charge >= 0.3 is 12.4 Å². The first-order chi connectivity index (χ1) is 17.6. The van der Waals surface area contributed by atoms with E-state index in [0.717, 1.165) is 16.9 Å². The summed E-state index contributed by atoms with van der Waals surface area (Å²) in [4.78, 5) is 32.8. The van der Waals surface area contributed by atoms with Crippen molar-refractivity contribution < 1.29 is 45.4 Å². The van der Waals surface area contributed by atoms with Gasteiger partial charge < -0.3 is 21.1 Å². The maximum Gasteiger partial charge on any atom is 0.423 e. The van der Waals surface area contributed by atoms with Gasteiger partial charge in [0.25, 0.3) is 11.8 Å². The highest BCUT2D eigenvalue weighted by molar-refractivity contribution is 5.97. The van der Waals surface area contributed by atoms with Crippen LogP contribution in [0.4, 0.5) is 36.6 Å². The predicted molar refractivity (Wildman–Crippen MR) is 115 cm³/mol. The van der Waals surface area contributed by atoms with E-state index >= 15 is 0 Å². The summed E-state index contributed by atoms with van der Waals surface area (Å²) in [5, 5.41) is 15.2. The number of pyridine rings is 1. The highest BCUT2D eigenvalue weighted by Crippen LogP contribution is 2.38. The number of nitrogen functional groups attached to an aromatic ring is 1. The van der Waals surface area contributed by atoms with Crippen LogP contribution in [0.1, 0.15) is 21.6 Å². The van der Waals surface area contributed by atoms with Crippen molar-refractivity contribution in [2.75, 3.05) is 18.8 Å². The first-order valence-electron chi connectivity index (χ1n) is 10.7. The molecule has 0 saturated carbocycles. The number of nitrogens with zero attached hydrogens (tertiary/aromatic N) is 5. The van der Waals surface area contributed by atoms with Gasteiger partial charge in [0.2, 0.25) is 6.10 Å². The molecular weight excluding hydrogens is 531 g/mol. The van der Waals surface area contributed by atoms with Crippen molar-refractivity contribution in [2.24, 2.45) is 0 Å². The lowest BCUT2D eigenvalue weighted by atomic mass is 10.1. The molecule has 0 bridgehead atoms. The van der Waals surface area contributed by atoms with E-state index in [9.17, 15) is 40.3 Å². The second-order valence-electron chi connectivity index (χ2n) is 8.49. The molecule has 0 spiro atoms. The number of aryl methyl sites for hydroxylation is 1. The maximum absolute atomic E-state index is 14.5. The SMILES string of the molecule is Cc1ncc(-c2cc(C(F)(F)F)c3c(N)ncnn23)cc1C(=O)N[C@@H]1CN(C(=O)C(O)C(F)(F)F)C[C@@H]1F. The van der Waals surface area contributed by atoms with Crippen molar-refractivity contribution in [3.63, 3.8) is 0 Å². The molecule has 204 valence electrons. The minimum Gasteiger partial charge on any atom is -0.382 e. The van der Waals surface area contributed by atoms with Gasteiger partial charge in [-0.05, 0) is 19.1 Å². The molecule has 1 unspecified atom stereocenters. The predicted octanol–water partition coefficient (Wildman–Crippen LogP) is 1.90. The summed E-state index contributed by atoms with van der Waals surface area (Å²) in [6.45, 7) is -0.0570. The molecule has 4 N–H and O–H groups in total. The van der Waals surface area contributed by atoms with E-state index in [2.05, 4.69) is 20.4 Å². The molecular formula is C21H18F7N7O3. The second-order valence-corrected chi connectivity index (χ2v) is 8.49. The van der Waals surface area contributed by atoms with Crippen LogP contribution in [0.5, 0.6) is 0 Å². The number of halogens is 7. The van der Waals surface area contributed by atoms with Crippen LogP contribution in [0.3, 0.4) is 0 Å². The van der Waals surface area contributed by atoms with Crippen molar-refractivity contribution in [3.05, 3.63) is 41.5 Å². The molecule has 4 heterocycles. The topological polar surface area (TPSA) is 139 Å². The number of hydrogen-bond acceptors (Lipinski definition) is 7. The average Bonchev–Trinajstić information content (AvgIpc) is 3.39. The minimum absolute atomic E-state index is 0.0117. The summed E-state index contributed by atoms with van der Waals surface area (Å²) < 4.78 is 94.1. The van der Waals surface area contributed by atoms with Gasteiger partial charge in [0.1, 0.15) is 18.0 Å². The van der Waals surface area contributed by atoms with Crippen molar-refractivity contribution in [2.45, 2.75) is 37.6 Å². The van der Waals surface area contributed by atoms with E-state index in [1.54, 1.807) is 0 Å². The van der Waals surface area contributed by atoms with Crippen molar-refractivity contribution in [1.82, 2.24) is 29.8 Å². The Morgan fingerprint density at radius 1 is 1.16 bits per heavy atom. The molecule has 1 aliphatic heterocycles. The van der Waals surface area contributed by atoms with Crippen LogP contribution in [0.25, 0.3) is 16.8 Å². The number of nitrogens with two attached hydrogens (primary N) is 1. The summed E-state index contributed by atoms with van der Waals surface area (Å²) in [5.74, 6) is -3.15. The summed E-state index contributed by atoms with van der Waals surface area (Å²) in [5.41, 5.74) is 3.79. The Morgan fingerprint density at radius 2 is 1.84 bits per heavy atom. The fraction of sp³-hybridized carbons (Fsp3) is 0.381. The van der Waals surface area contributed by atoms with Gasteiger partial charge in [-0.15, -0.1) is 0 Å². The third-order valence-corrected chi connectivity index (χ3v) is 5.94. The fourth-order valence-corrected chi connectivity index (χ4v) is 4.03. The molecule has 4 rings (SSSR count). The number of fused-ring (bicyclic) bond motifs is 1. The molecule has 3 aromatic heterocycles. The minimum atomic E-state index is -5.25. The monoisotopic (exact) mass is 549 g/mol. The van der Waals surface area contributed by atoms with E-state index in [4.69, 9.17) is 10.8 Å². The Hall–Kier alpha value is -4.02. The number of aliphatic hydroxyl groups excluding tert-OH is 1. The van der Waals surface area contributed by atoms with Gasteiger partial charge in [0, 0.05) is 18.3 Å². The van der Waals surface area contributed by atoms with Crippen LogP contribution >= 0.6 is 0 Å². The quantitative estimate of drug-likeness (QED) is 0.423. The van der Waals surface area contributed by atoms with Crippen molar-refractivity contribution in [3.8, 4) is 11.3 Å². The zero-order valence-electron chi connectivity index (χ0n) is 19.2. The molecule has 1 aliphatic rings. The lowest BCUT2D eigenvalue weighted by molar-refractivity contribution is -0.210. The van der Waals surface area contributed by atoms with E-state index in [-0.39, 0.29) is 22.5 Å². The zero-order valence-corrected chi connectivity index (χ0v) is 19.2. The molecule has 3 aromatic rings. The number of alkyl halides is 7. The second kappa shape index (κ2) is 9.38. The van der Waals surface area contributed by atoms with Crippen molar-refractivity contribution in [1.29, 1.82) is 0 Å². The van der Waals surface area contributed by atoms with Crippen LogP contribution < -0.4 is 11.1 Å². The first-order valence-corrected chi connectivity index (χ1v) is 10.7. The molecule has 3 atom stereocenters. The van der Waals surface area contributed by atoms with E-state index in [0.29, 0.717) is 4.90 Å². The summed E-state index contributed by atoms with van der Waals surface area (Å²) in [6, 6.07) is 0.503. The lowest BCUT2D eigenvalue weighted by Gasteiger charge is -2.21. The molecule has 0 radical (unpaired) electrons. The van der Waals surface area contributed by atoms with Crippen LogP contribution in [0, 0.1) is 6.92 Å². The van der Waals surface area contributed by atoms with Gasteiger partial charge in [0.05, 0.1) is 35.1 Å². The Morgan fingerprint density at radius 3 is 2.47 bits per heavy atom. The Labute approximate surface area is 208 Å². The third kappa shape index (κ3) is 4.92. The number of aromatic nitrogens is 4. The first kappa shape index (κ1) is 27.0. The molecule has 10 nitrogen and oxygen atoms in total. The van der Waals surface area contributed by atoms with Gasteiger partial charge in [0.15, 0.2) is 5.82 Å². The van der Waals surface area contributed by atoms with Gasteiger partial charge in [-0.3, -0.25) is 14.6 Å². The summed E-state index contributed by atoms with van der Waals surface area (Å²) in [6.07, 6.45) is -13.3. The third-order valence-electron chi connectivity index (χ3n) is 5.94. The molecule has 1 saturated heterocycles. The molecule has 38 heavy (non-hydrogen) atoms. The number of carbonyl (C=O) groups is 2. The van der Waals surface area contributed by atoms with Gasteiger partial charge in [-0.1, -0.05) is 0 Å². The number of anilines is 1. The lowest BCUT2D eigenvalue weighted by Crippen LogP contribution is -2.47. The van der Waals surface area contributed by atoms with E-state index in [1.165, 1.54) is 19.2 Å². The van der Waals surface area contributed by atoms with Crippen LogP contribution in [-0.4, -0.2) is 79.0 Å². The van der Waals surface area contributed by atoms with E-state index < -0.39 is 72.5 Å². The fourth-order valence-electron chi connectivity index (χ4n) is 4.03. The van der Waals surface area contributed by atoms with E-state index in [1.807, 2.05) is 0 Å². The number of aliphatic hydroxyl groups is 1. The van der Waals surface area contributed by atoms with Crippen LogP contribution in [0.2, 0.25) is 0 Å². The van der Waals surface area contributed by atoms with Gasteiger partial charge in [-0.2, -0.15) is 31.4 Å². The molecule has 0 aromatic carbocycles. The highest BCUT2D eigenvalue weighted by Gasteiger charge is 2.48. The number of hydrogen-bond donors (Lipinski definition) is 3. The maximum atomic E-state index is 14.5. The van der Waals surface area contributed by atoms with Crippen molar-refractivity contribution >= 4 is 23.1 Å². The molecule has 2 amide bonds. The highest BCUT2D eigenvalue weighted by atomic mass is 19.4. The Balaban J connectivity index is 1.62. The Kier molecular flexibility index (Phi) is 6.67. The Bertz CT molecular complexity index is 1410. The number of likely N-dealkylation sites (tertiary alicyclic amines) is 1. The normalized spacial score (nSPS) is 19.1.